The van der Waals surface area contributed by atoms with Crippen molar-refractivity contribution in [3.63, 3.8) is 0 Å². The van der Waals surface area contributed by atoms with Crippen molar-refractivity contribution in [2.45, 2.75) is 71.6 Å². The van der Waals surface area contributed by atoms with Gasteiger partial charge in [-0.3, -0.25) is 14.4 Å². The van der Waals surface area contributed by atoms with Gasteiger partial charge in [0.1, 0.15) is 12.0 Å². The Bertz CT molecular complexity index is 1690. The van der Waals surface area contributed by atoms with E-state index in [4.69, 9.17) is 14.5 Å². The first-order valence-corrected chi connectivity index (χ1v) is 15.9. The van der Waals surface area contributed by atoms with Crippen molar-refractivity contribution in [3.8, 4) is 16.9 Å². The van der Waals surface area contributed by atoms with E-state index in [2.05, 4.69) is 28.0 Å². The summed E-state index contributed by atoms with van der Waals surface area (Å²) in [7, 11) is 1.59. The smallest absolute Gasteiger partial charge is 0.220 e. The minimum Gasteiger partial charge on any atom is -0.496 e. The van der Waals surface area contributed by atoms with Crippen LogP contribution in [0.4, 0.5) is 5.69 Å². The number of hydrogen-bond acceptors (Lipinski definition) is 8. The number of benzene rings is 2. The minimum absolute atomic E-state index is 0.0601. The number of pyridine rings is 1. The Labute approximate surface area is 269 Å². The van der Waals surface area contributed by atoms with Gasteiger partial charge in [0.2, 0.25) is 11.8 Å². The number of carbonyl (C=O) groups excluding carboxylic acids is 3. The number of aryl methyl sites for hydroxylation is 2. The summed E-state index contributed by atoms with van der Waals surface area (Å²) in [5, 5.41) is 15.1. The SMILES string of the molecule is CCc1nc2c(cnn2CC)c(NC2CCOCC2)c1CNC(=O)CCC(=O)NCc1ccc(OC)c(-c2cccc(C=O)c2)c1. The van der Waals surface area contributed by atoms with Gasteiger partial charge in [0, 0.05) is 74.1 Å². The molecule has 1 aliphatic heterocycles. The van der Waals surface area contributed by atoms with E-state index in [0.717, 1.165) is 63.8 Å². The molecule has 0 spiro atoms. The van der Waals surface area contributed by atoms with Crippen molar-refractivity contribution in [2.75, 3.05) is 25.6 Å². The molecule has 1 saturated heterocycles. The Hall–Kier alpha value is -4.77. The van der Waals surface area contributed by atoms with E-state index < -0.39 is 0 Å². The van der Waals surface area contributed by atoms with Crippen LogP contribution in [0.1, 0.15) is 66.7 Å². The van der Waals surface area contributed by atoms with Crippen molar-refractivity contribution in [1.29, 1.82) is 0 Å². The highest BCUT2D eigenvalue weighted by molar-refractivity contribution is 5.92. The highest BCUT2D eigenvalue weighted by Gasteiger charge is 2.22. The molecular formula is C35H42N6O5. The Morgan fingerprint density at radius 3 is 2.50 bits per heavy atom. The lowest BCUT2D eigenvalue weighted by atomic mass is 10.00. The molecule has 2 aromatic carbocycles. The zero-order chi connectivity index (χ0) is 32.5. The Balaban J connectivity index is 1.20. The number of anilines is 1. The molecule has 0 saturated carbocycles. The van der Waals surface area contributed by atoms with E-state index in [1.165, 1.54) is 0 Å². The summed E-state index contributed by atoms with van der Waals surface area (Å²) in [6.45, 7) is 6.83. The van der Waals surface area contributed by atoms with E-state index in [1.807, 2.05) is 48.1 Å². The fourth-order valence-electron chi connectivity index (χ4n) is 5.76. The lowest BCUT2D eigenvalue weighted by Gasteiger charge is -2.26. The minimum atomic E-state index is -0.221. The first-order valence-electron chi connectivity index (χ1n) is 15.9. The summed E-state index contributed by atoms with van der Waals surface area (Å²) < 4.78 is 13.0. The molecule has 0 bridgehead atoms. The lowest BCUT2D eigenvalue weighted by Crippen LogP contribution is -2.30. The summed E-state index contributed by atoms with van der Waals surface area (Å²) in [5.41, 5.74) is 6.76. The first kappa shape index (κ1) is 32.6. The number of methoxy groups -OCH3 is 1. The van der Waals surface area contributed by atoms with Gasteiger partial charge < -0.3 is 25.4 Å². The van der Waals surface area contributed by atoms with Crippen LogP contribution in [0.3, 0.4) is 0 Å². The molecule has 242 valence electrons. The Morgan fingerprint density at radius 1 is 1.04 bits per heavy atom. The fraction of sp³-hybridized carbons (Fsp3) is 0.400. The summed E-state index contributed by atoms with van der Waals surface area (Å²) in [6, 6.07) is 13.2. The number of nitrogens with zero attached hydrogens (tertiary/aromatic N) is 3. The van der Waals surface area contributed by atoms with Gasteiger partial charge in [-0.1, -0.05) is 31.2 Å². The molecule has 5 rings (SSSR count). The van der Waals surface area contributed by atoms with Gasteiger partial charge >= 0.3 is 0 Å². The fourth-order valence-corrected chi connectivity index (χ4v) is 5.76. The van der Waals surface area contributed by atoms with Crippen molar-refractivity contribution in [2.24, 2.45) is 0 Å². The van der Waals surface area contributed by atoms with Crippen molar-refractivity contribution < 1.29 is 23.9 Å². The highest BCUT2D eigenvalue weighted by atomic mass is 16.5. The van der Waals surface area contributed by atoms with Gasteiger partial charge in [0.15, 0.2) is 5.65 Å². The van der Waals surface area contributed by atoms with Crippen LogP contribution in [0, 0.1) is 0 Å². The molecule has 2 amide bonds. The third-order valence-electron chi connectivity index (χ3n) is 8.30. The second-order valence-electron chi connectivity index (χ2n) is 11.3. The average Bonchev–Trinajstić information content (AvgIpc) is 3.52. The molecule has 1 fully saturated rings. The largest absolute Gasteiger partial charge is 0.496 e. The number of rotatable bonds is 14. The topological polar surface area (TPSA) is 136 Å². The summed E-state index contributed by atoms with van der Waals surface area (Å²) >= 11 is 0. The first-order chi connectivity index (χ1) is 22.4. The molecule has 3 N–H and O–H groups in total. The van der Waals surface area contributed by atoms with Crippen LogP contribution >= 0.6 is 0 Å². The summed E-state index contributed by atoms with van der Waals surface area (Å²) in [6.07, 6.45) is 5.28. The summed E-state index contributed by atoms with van der Waals surface area (Å²) in [4.78, 5) is 41.8. The van der Waals surface area contributed by atoms with Crippen molar-refractivity contribution in [3.05, 3.63) is 71.0 Å². The molecule has 0 atom stereocenters. The van der Waals surface area contributed by atoms with Crippen LogP contribution in [0.15, 0.2) is 48.7 Å². The maximum absolute atomic E-state index is 12.9. The van der Waals surface area contributed by atoms with Crippen LogP contribution in [0.5, 0.6) is 5.75 Å². The predicted octanol–water partition coefficient (Wildman–Crippen LogP) is 4.81. The average molecular weight is 627 g/mol. The monoisotopic (exact) mass is 626 g/mol. The standard InChI is InChI=1S/C35H42N6O5/c1-4-30-28(34(39-26-13-15-46-16-14-26)29-21-38-41(5-2)35(29)40-30)20-37-33(44)12-11-32(43)36-19-23-9-10-31(45-3)27(18-23)25-8-6-7-24(17-25)22-42/h6-10,17-18,21-22,26H,4-5,11-16,19-20H2,1-3H3,(H,36,43)(H,37,44)(H,39,40). The van der Waals surface area contributed by atoms with Gasteiger partial charge in [-0.15, -0.1) is 0 Å². The summed E-state index contributed by atoms with van der Waals surface area (Å²) in [5.74, 6) is 0.239. The number of carbonyl (C=O) groups is 3. The molecule has 0 radical (unpaired) electrons. The van der Waals surface area contributed by atoms with E-state index in [0.29, 0.717) is 50.6 Å². The maximum atomic E-state index is 12.9. The number of fused-ring (bicyclic) bond motifs is 1. The number of hydrogen-bond donors (Lipinski definition) is 3. The van der Waals surface area contributed by atoms with Gasteiger partial charge in [0.05, 0.1) is 24.4 Å². The molecule has 3 heterocycles. The molecule has 1 aliphatic rings. The number of ether oxygens (including phenoxy) is 2. The van der Waals surface area contributed by atoms with Crippen LogP contribution in [0.2, 0.25) is 0 Å². The number of amides is 2. The van der Waals surface area contributed by atoms with Crippen molar-refractivity contribution in [1.82, 2.24) is 25.4 Å². The number of aromatic nitrogens is 3. The molecule has 11 heteroatoms. The highest BCUT2D eigenvalue weighted by Crippen LogP contribution is 2.32. The van der Waals surface area contributed by atoms with E-state index in [1.54, 1.807) is 19.2 Å². The lowest BCUT2D eigenvalue weighted by molar-refractivity contribution is -0.126. The van der Waals surface area contributed by atoms with E-state index in [9.17, 15) is 14.4 Å². The Morgan fingerprint density at radius 2 is 1.80 bits per heavy atom. The third-order valence-corrected chi connectivity index (χ3v) is 8.30. The number of aldehydes is 1. The second kappa shape index (κ2) is 15.5. The molecule has 2 aromatic heterocycles. The molecule has 4 aromatic rings. The second-order valence-corrected chi connectivity index (χ2v) is 11.3. The third kappa shape index (κ3) is 7.71. The van der Waals surface area contributed by atoms with Crippen LogP contribution in [-0.2, 0) is 40.4 Å². The van der Waals surface area contributed by atoms with Crippen LogP contribution < -0.4 is 20.7 Å². The van der Waals surface area contributed by atoms with Gasteiger partial charge in [-0.05, 0) is 55.5 Å². The molecular weight excluding hydrogens is 584 g/mol. The van der Waals surface area contributed by atoms with Gasteiger partial charge in [-0.2, -0.15) is 5.10 Å². The zero-order valence-electron chi connectivity index (χ0n) is 26.7. The van der Waals surface area contributed by atoms with Gasteiger partial charge in [0.25, 0.3) is 0 Å². The molecule has 11 nitrogen and oxygen atoms in total. The van der Waals surface area contributed by atoms with Crippen LogP contribution in [0.25, 0.3) is 22.2 Å². The normalized spacial score (nSPS) is 13.4. The van der Waals surface area contributed by atoms with Gasteiger partial charge in [-0.25, -0.2) is 9.67 Å². The zero-order valence-corrected chi connectivity index (χ0v) is 26.7. The predicted molar refractivity (Wildman–Crippen MR) is 177 cm³/mol. The van der Waals surface area contributed by atoms with Crippen LogP contribution in [-0.4, -0.2) is 59.2 Å². The van der Waals surface area contributed by atoms with E-state index in [-0.39, 0.29) is 30.7 Å². The number of nitrogens with one attached hydrogen (secondary N) is 3. The quantitative estimate of drug-likeness (QED) is 0.170. The molecule has 0 unspecified atom stereocenters. The maximum Gasteiger partial charge on any atom is 0.220 e. The van der Waals surface area contributed by atoms with Crippen molar-refractivity contribution >= 4 is 34.8 Å². The molecule has 46 heavy (non-hydrogen) atoms. The molecule has 0 aliphatic carbocycles. The van der Waals surface area contributed by atoms with E-state index >= 15 is 0 Å². The Kier molecular flexibility index (Phi) is 11.0.